The van der Waals surface area contributed by atoms with E-state index in [0.29, 0.717) is 12.6 Å². The van der Waals surface area contributed by atoms with Gasteiger partial charge in [0.05, 0.1) is 12.6 Å². The summed E-state index contributed by atoms with van der Waals surface area (Å²) < 4.78 is 8.01. The van der Waals surface area contributed by atoms with E-state index in [1.54, 1.807) is 0 Å². The van der Waals surface area contributed by atoms with Gasteiger partial charge in [-0.1, -0.05) is 0 Å². The highest BCUT2D eigenvalue weighted by Gasteiger charge is 2.26. The molecule has 1 aliphatic carbocycles. The fourth-order valence-electron chi connectivity index (χ4n) is 2.89. The van der Waals surface area contributed by atoms with Crippen LogP contribution >= 0.6 is 0 Å². The summed E-state index contributed by atoms with van der Waals surface area (Å²) in [5, 5.41) is 11.7. The topological polar surface area (TPSA) is 67.6 Å². The average Bonchev–Trinajstić information content (AvgIpc) is 3.35. The molecule has 1 aromatic rings. The SMILES string of the molecule is CN=C(NCc1nnc(C)n1C)N1CCC(OCC2CC2)CC1. The quantitative estimate of drug-likeness (QED) is 0.650. The number of nitrogens with one attached hydrogen (secondary N) is 1. The Kier molecular flexibility index (Phi) is 5.15. The van der Waals surface area contributed by atoms with Gasteiger partial charge >= 0.3 is 0 Å². The zero-order valence-electron chi connectivity index (χ0n) is 14.5. The van der Waals surface area contributed by atoms with Gasteiger partial charge in [-0.2, -0.15) is 0 Å². The van der Waals surface area contributed by atoms with Crippen LogP contribution in [-0.4, -0.2) is 58.5 Å². The van der Waals surface area contributed by atoms with Gasteiger partial charge in [0.1, 0.15) is 5.82 Å². The first kappa shape index (κ1) is 16.2. The Morgan fingerprint density at radius 1 is 1.26 bits per heavy atom. The summed E-state index contributed by atoms with van der Waals surface area (Å²) in [6.45, 7) is 5.54. The van der Waals surface area contributed by atoms with E-state index >= 15 is 0 Å². The molecule has 3 rings (SSSR count). The van der Waals surface area contributed by atoms with Crippen molar-refractivity contribution >= 4 is 5.96 Å². The van der Waals surface area contributed by atoms with Crippen LogP contribution in [0.1, 0.15) is 37.3 Å². The normalized spacial score (nSPS) is 20.1. The van der Waals surface area contributed by atoms with Gasteiger partial charge in [-0.05, 0) is 38.5 Å². The van der Waals surface area contributed by atoms with Crippen molar-refractivity contribution in [2.24, 2.45) is 18.0 Å². The van der Waals surface area contributed by atoms with E-state index in [0.717, 1.165) is 56.1 Å². The third kappa shape index (κ3) is 4.22. The van der Waals surface area contributed by atoms with Crippen molar-refractivity contribution in [1.29, 1.82) is 0 Å². The van der Waals surface area contributed by atoms with E-state index in [1.807, 2.05) is 25.6 Å². The number of aliphatic imine (C=N–C) groups is 1. The van der Waals surface area contributed by atoms with Crippen LogP contribution in [0.5, 0.6) is 0 Å². The molecule has 7 heteroatoms. The molecule has 0 amide bonds. The largest absolute Gasteiger partial charge is 0.378 e. The van der Waals surface area contributed by atoms with Crippen molar-refractivity contribution in [3.05, 3.63) is 11.6 Å². The minimum absolute atomic E-state index is 0.423. The van der Waals surface area contributed by atoms with Gasteiger partial charge in [0.15, 0.2) is 11.8 Å². The second-order valence-corrected chi connectivity index (χ2v) is 6.59. The molecule has 0 unspecified atom stereocenters. The minimum atomic E-state index is 0.423. The maximum atomic E-state index is 6.01. The van der Waals surface area contributed by atoms with Crippen LogP contribution in [0, 0.1) is 12.8 Å². The predicted octanol–water partition coefficient (Wildman–Crippen LogP) is 1.09. The molecule has 0 aromatic carbocycles. The zero-order valence-corrected chi connectivity index (χ0v) is 14.5. The molecule has 1 aliphatic heterocycles. The van der Waals surface area contributed by atoms with Crippen molar-refractivity contribution in [3.8, 4) is 0 Å². The Bertz CT molecular complexity index is 543. The monoisotopic (exact) mass is 320 g/mol. The Morgan fingerprint density at radius 3 is 2.57 bits per heavy atom. The first-order valence-electron chi connectivity index (χ1n) is 8.59. The van der Waals surface area contributed by atoms with Gasteiger partial charge < -0.3 is 19.5 Å². The molecule has 128 valence electrons. The highest BCUT2D eigenvalue weighted by atomic mass is 16.5. The molecule has 1 aromatic heterocycles. The Hall–Kier alpha value is -1.63. The zero-order chi connectivity index (χ0) is 16.2. The summed E-state index contributed by atoms with van der Waals surface area (Å²) in [7, 11) is 3.82. The molecule has 0 bridgehead atoms. The number of aromatic nitrogens is 3. The van der Waals surface area contributed by atoms with Gasteiger partial charge in [0.25, 0.3) is 0 Å². The molecule has 1 saturated carbocycles. The fourth-order valence-corrected chi connectivity index (χ4v) is 2.89. The van der Waals surface area contributed by atoms with E-state index in [-0.39, 0.29) is 0 Å². The Morgan fingerprint density at radius 2 is 2.00 bits per heavy atom. The number of nitrogens with zero attached hydrogens (tertiary/aromatic N) is 5. The number of hydrogen-bond acceptors (Lipinski definition) is 4. The van der Waals surface area contributed by atoms with Crippen molar-refractivity contribution in [3.63, 3.8) is 0 Å². The van der Waals surface area contributed by atoms with Gasteiger partial charge in [-0.3, -0.25) is 4.99 Å². The van der Waals surface area contributed by atoms with Crippen LogP contribution in [-0.2, 0) is 18.3 Å². The van der Waals surface area contributed by atoms with Crippen molar-refractivity contribution in [2.45, 2.75) is 45.3 Å². The predicted molar refractivity (Wildman–Crippen MR) is 89.2 cm³/mol. The summed E-state index contributed by atoms with van der Waals surface area (Å²) in [4.78, 5) is 6.71. The molecule has 23 heavy (non-hydrogen) atoms. The number of piperidine rings is 1. The average molecular weight is 320 g/mol. The number of likely N-dealkylation sites (tertiary alicyclic amines) is 1. The second-order valence-electron chi connectivity index (χ2n) is 6.59. The summed E-state index contributed by atoms with van der Waals surface area (Å²) in [6, 6.07) is 0. The van der Waals surface area contributed by atoms with Crippen LogP contribution < -0.4 is 5.32 Å². The van der Waals surface area contributed by atoms with E-state index in [4.69, 9.17) is 4.74 Å². The second kappa shape index (κ2) is 7.29. The molecular weight excluding hydrogens is 292 g/mol. The molecule has 1 saturated heterocycles. The molecule has 2 heterocycles. The number of guanidine groups is 1. The molecule has 0 atom stereocenters. The molecule has 1 N–H and O–H groups in total. The van der Waals surface area contributed by atoms with Crippen LogP contribution in [0.3, 0.4) is 0 Å². The molecule has 0 spiro atoms. The lowest BCUT2D eigenvalue weighted by Gasteiger charge is -2.34. The summed E-state index contributed by atoms with van der Waals surface area (Å²) >= 11 is 0. The van der Waals surface area contributed by atoms with Crippen LogP contribution in [0.2, 0.25) is 0 Å². The molecular formula is C16H28N6O. The third-order valence-electron chi connectivity index (χ3n) is 4.81. The number of ether oxygens (including phenoxy) is 1. The van der Waals surface area contributed by atoms with Crippen molar-refractivity contribution < 1.29 is 4.74 Å². The lowest BCUT2D eigenvalue weighted by molar-refractivity contribution is 0.0131. The molecule has 0 radical (unpaired) electrons. The third-order valence-corrected chi connectivity index (χ3v) is 4.81. The fraction of sp³-hybridized carbons (Fsp3) is 0.812. The van der Waals surface area contributed by atoms with Gasteiger partial charge in [-0.15, -0.1) is 10.2 Å². The Balaban J connectivity index is 1.44. The van der Waals surface area contributed by atoms with E-state index < -0.39 is 0 Å². The highest BCUT2D eigenvalue weighted by molar-refractivity contribution is 5.79. The standard InChI is InChI=1S/C16H28N6O/c1-12-19-20-15(21(12)3)10-18-16(17-2)22-8-6-14(7-9-22)23-11-13-4-5-13/h13-14H,4-11H2,1-3H3,(H,17,18). The van der Waals surface area contributed by atoms with Gasteiger partial charge in [0, 0.05) is 33.8 Å². The van der Waals surface area contributed by atoms with Crippen molar-refractivity contribution in [1.82, 2.24) is 25.0 Å². The van der Waals surface area contributed by atoms with E-state index in [2.05, 4.69) is 25.4 Å². The lowest BCUT2D eigenvalue weighted by atomic mass is 10.1. The van der Waals surface area contributed by atoms with Crippen molar-refractivity contribution in [2.75, 3.05) is 26.7 Å². The maximum absolute atomic E-state index is 6.01. The maximum Gasteiger partial charge on any atom is 0.194 e. The number of hydrogen-bond donors (Lipinski definition) is 1. The van der Waals surface area contributed by atoms with Crippen LogP contribution in [0.4, 0.5) is 0 Å². The van der Waals surface area contributed by atoms with E-state index in [9.17, 15) is 0 Å². The van der Waals surface area contributed by atoms with Crippen LogP contribution in [0.15, 0.2) is 4.99 Å². The summed E-state index contributed by atoms with van der Waals surface area (Å²) in [5.74, 6) is 3.63. The summed E-state index contributed by atoms with van der Waals surface area (Å²) in [6.07, 6.45) is 5.30. The van der Waals surface area contributed by atoms with Crippen LogP contribution in [0.25, 0.3) is 0 Å². The Labute approximate surface area is 138 Å². The number of rotatable bonds is 5. The number of aryl methyl sites for hydroxylation is 1. The molecule has 2 aliphatic rings. The molecule has 7 nitrogen and oxygen atoms in total. The van der Waals surface area contributed by atoms with Gasteiger partial charge in [-0.25, -0.2) is 0 Å². The smallest absolute Gasteiger partial charge is 0.194 e. The lowest BCUT2D eigenvalue weighted by Crippen LogP contribution is -2.47. The highest BCUT2D eigenvalue weighted by Crippen LogP contribution is 2.30. The first-order valence-corrected chi connectivity index (χ1v) is 8.59. The van der Waals surface area contributed by atoms with E-state index in [1.165, 1.54) is 12.8 Å². The summed E-state index contributed by atoms with van der Waals surface area (Å²) in [5.41, 5.74) is 0. The van der Waals surface area contributed by atoms with Gasteiger partial charge in [0.2, 0.25) is 0 Å². The molecule has 2 fully saturated rings. The first-order chi connectivity index (χ1) is 11.2. The minimum Gasteiger partial charge on any atom is -0.378 e.